The van der Waals surface area contributed by atoms with Crippen molar-refractivity contribution in [1.29, 1.82) is 0 Å². The van der Waals surface area contributed by atoms with Gasteiger partial charge in [0.05, 0.1) is 0 Å². The van der Waals surface area contributed by atoms with Crippen LogP contribution in [-0.4, -0.2) is 34.8 Å². The topological polar surface area (TPSA) is 17.1 Å². The summed E-state index contributed by atoms with van der Waals surface area (Å²) in [6, 6.07) is 22.5. The van der Waals surface area contributed by atoms with Crippen molar-refractivity contribution in [3.8, 4) is 0 Å². The van der Waals surface area contributed by atoms with Crippen molar-refractivity contribution in [3.05, 3.63) is 60.7 Å². The Balaban J connectivity index is 0.000000541. The Morgan fingerprint density at radius 2 is 1.27 bits per heavy atom. The molecule has 22 heavy (non-hydrogen) atoms. The van der Waals surface area contributed by atoms with Gasteiger partial charge in [0.15, 0.2) is 0 Å². The molecular weight excluding hydrogens is 391 g/mol. The van der Waals surface area contributed by atoms with Crippen LogP contribution < -0.4 is 10.4 Å². The van der Waals surface area contributed by atoms with Crippen LogP contribution in [0.15, 0.2) is 60.7 Å². The van der Waals surface area contributed by atoms with Gasteiger partial charge >= 0.3 is 34.6 Å². The number of hydrogen-bond acceptors (Lipinski definition) is 1. The molecule has 0 amide bonds. The SMILES string of the molecule is O=CCCC[Si](c1ccccc1)c1ccccc1.[CH3][Sn]([CH3])[CH3]. The summed E-state index contributed by atoms with van der Waals surface area (Å²) in [5.41, 5.74) is 0. The van der Waals surface area contributed by atoms with Crippen molar-refractivity contribution in [2.45, 2.75) is 33.7 Å². The molecule has 116 valence electrons. The first-order chi connectivity index (χ1) is 10.6. The van der Waals surface area contributed by atoms with E-state index in [4.69, 9.17) is 0 Å². The molecule has 2 rings (SSSR count). The van der Waals surface area contributed by atoms with Gasteiger partial charge in [0, 0.05) is 6.42 Å². The molecule has 0 aromatic heterocycles. The summed E-state index contributed by atoms with van der Waals surface area (Å²) in [5.74, 6) is 0. The normalized spacial score (nSPS) is 10.2. The Bertz CT molecular complexity index is 471. The first-order valence-corrected chi connectivity index (χ1v) is 18.1. The van der Waals surface area contributed by atoms with Gasteiger partial charge in [-0.3, -0.25) is 0 Å². The maximum absolute atomic E-state index is 10.5. The van der Waals surface area contributed by atoms with Crippen LogP contribution in [0.2, 0.25) is 20.9 Å². The van der Waals surface area contributed by atoms with Crippen molar-refractivity contribution in [1.82, 2.24) is 0 Å². The van der Waals surface area contributed by atoms with Gasteiger partial charge in [-0.25, -0.2) is 0 Å². The Morgan fingerprint density at radius 3 is 1.64 bits per heavy atom. The molecule has 0 spiro atoms. The fourth-order valence-corrected chi connectivity index (χ4v) is 4.75. The van der Waals surface area contributed by atoms with Crippen molar-refractivity contribution in [2.75, 3.05) is 0 Å². The molecule has 0 aliphatic rings. The van der Waals surface area contributed by atoms with E-state index < -0.39 is 28.6 Å². The summed E-state index contributed by atoms with van der Waals surface area (Å²) in [6.45, 7) is 0. The summed E-state index contributed by atoms with van der Waals surface area (Å²) >= 11 is -0.543. The molecule has 0 unspecified atom stereocenters. The van der Waals surface area contributed by atoms with Crippen LogP contribution in [0.3, 0.4) is 0 Å². The number of carbonyl (C=O) groups excluding carboxylic acids is 1. The summed E-state index contributed by atoms with van der Waals surface area (Å²) in [5, 5.41) is 2.86. The van der Waals surface area contributed by atoms with Gasteiger partial charge < -0.3 is 4.79 Å². The number of aldehydes is 1. The third kappa shape index (κ3) is 7.94. The van der Waals surface area contributed by atoms with Gasteiger partial charge in [-0.15, -0.1) is 0 Å². The summed E-state index contributed by atoms with van der Waals surface area (Å²) < 4.78 is 0. The van der Waals surface area contributed by atoms with Crippen molar-refractivity contribution < 1.29 is 4.79 Å². The molecule has 3 heteroatoms. The van der Waals surface area contributed by atoms with Crippen LogP contribution in [0.25, 0.3) is 0 Å². The fraction of sp³-hybridized carbons (Fsp3) is 0.316. The van der Waals surface area contributed by atoms with E-state index in [0.29, 0.717) is 6.42 Å². The zero-order chi connectivity index (χ0) is 16.2. The van der Waals surface area contributed by atoms with Crippen LogP contribution in [0.1, 0.15) is 12.8 Å². The van der Waals surface area contributed by atoms with E-state index in [9.17, 15) is 4.79 Å². The molecule has 0 heterocycles. The van der Waals surface area contributed by atoms with Crippen LogP contribution in [-0.2, 0) is 4.79 Å². The summed E-state index contributed by atoms with van der Waals surface area (Å²) in [4.78, 5) is 17.6. The van der Waals surface area contributed by atoms with E-state index in [-0.39, 0.29) is 0 Å². The standard InChI is InChI=1S/C16H17OSi.3CH3.Sn/c17-13-7-8-14-18(15-9-3-1-4-10-15)16-11-5-2-6-12-16;;;;/h1-6,9-13H,7-8,14H2;3*1H3;. The minimum atomic E-state index is -0.731. The number of hydrogen-bond donors (Lipinski definition) is 0. The second kappa shape index (κ2) is 11.7. The fourth-order valence-electron chi connectivity index (χ4n) is 2.10. The van der Waals surface area contributed by atoms with Crippen molar-refractivity contribution in [3.63, 3.8) is 0 Å². The maximum atomic E-state index is 10.5. The van der Waals surface area contributed by atoms with Crippen LogP contribution in [0.5, 0.6) is 0 Å². The second-order valence-electron chi connectivity index (χ2n) is 5.77. The number of carbonyl (C=O) groups is 1. The van der Waals surface area contributed by atoms with Crippen LogP contribution in [0, 0.1) is 0 Å². The van der Waals surface area contributed by atoms with Gasteiger partial charge in [-0.1, -0.05) is 77.1 Å². The minimum absolute atomic E-state index is 0.543. The number of unbranched alkanes of at least 4 members (excludes halogenated alkanes) is 1. The van der Waals surface area contributed by atoms with E-state index in [2.05, 4.69) is 75.5 Å². The summed E-state index contributed by atoms with van der Waals surface area (Å²) in [7, 11) is -0.731. The first-order valence-electron chi connectivity index (χ1n) is 7.82. The molecule has 0 aliphatic heterocycles. The Labute approximate surface area is 144 Å². The van der Waals surface area contributed by atoms with E-state index in [1.54, 1.807) is 0 Å². The molecule has 2 aromatic rings. The number of benzene rings is 2. The second-order valence-corrected chi connectivity index (χ2v) is 16.9. The molecule has 0 saturated carbocycles. The molecule has 0 aliphatic carbocycles. The van der Waals surface area contributed by atoms with Gasteiger partial charge in [0.1, 0.15) is 15.1 Å². The van der Waals surface area contributed by atoms with Gasteiger partial charge in [0.25, 0.3) is 0 Å². The third-order valence-corrected chi connectivity index (χ3v) is 5.91. The van der Waals surface area contributed by atoms with E-state index >= 15 is 0 Å². The predicted molar refractivity (Wildman–Crippen MR) is 101 cm³/mol. The third-order valence-electron chi connectivity index (χ3n) is 2.99. The monoisotopic (exact) mass is 418 g/mol. The first kappa shape index (κ1) is 19.2. The Morgan fingerprint density at radius 1 is 0.864 bits per heavy atom. The molecule has 1 nitrogen and oxygen atoms in total. The number of rotatable bonds is 6. The average molecular weight is 417 g/mol. The molecule has 2 aromatic carbocycles. The van der Waals surface area contributed by atoms with Gasteiger partial charge in [0.2, 0.25) is 0 Å². The molecule has 2 radical (unpaired) electrons. The molecule has 0 fully saturated rings. The van der Waals surface area contributed by atoms with Crippen LogP contribution in [0.4, 0.5) is 0 Å². The quantitative estimate of drug-likeness (QED) is 0.399. The van der Waals surface area contributed by atoms with Crippen LogP contribution >= 0.6 is 0 Å². The predicted octanol–water partition coefficient (Wildman–Crippen LogP) is 3.65. The van der Waals surface area contributed by atoms with Gasteiger partial charge in [-0.2, -0.15) is 0 Å². The Kier molecular flexibility index (Phi) is 10.2. The van der Waals surface area contributed by atoms with E-state index in [1.165, 1.54) is 10.4 Å². The van der Waals surface area contributed by atoms with Crippen molar-refractivity contribution in [2.24, 2.45) is 0 Å². The molecule has 0 N–H and O–H groups in total. The zero-order valence-corrected chi connectivity index (χ0v) is 17.7. The van der Waals surface area contributed by atoms with E-state index in [0.717, 1.165) is 18.8 Å². The van der Waals surface area contributed by atoms with Gasteiger partial charge in [-0.05, 0) is 6.42 Å². The Hall–Kier alpha value is -0.874. The zero-order valence-electron chi connectivity index (χ0n) is 13.9. The van der Waals surface area contributed by atoms with Crippen molar-refractivity contribution >= 4 is 45.2 Å². The average Bonchev–Trinajstić information content (AvgIpc) is 2.53. The summed E-state index contributed by atoms with van der Waals surface area (Å²) in [6.07, 6.45) is 2.69. The molecule has 0 saturated heterocycles. The molecular formula is C19H26OSiSn. The molecule has 0 atom stereocenters. The van der Waals surface area contributed by atoms with E-state index in [1.807, 2.05) is 0 Å². The molecule has 0 bridgehead atoms.